The summed E-state index contributed by atoms with van der Waals surface area (Å²) in [5.74, 6) is -30.1. The van der Waals surface area contributed by atoms with Crippen molar-refractivity contribution in [1.29, 1.82) is 0 Å². The van der Waals surface area contributed by atoms with Crippen LogP contribution in [0.4, 0.5) is 57.2 Å². The maximum Gasteiger partial charge on any atom is 0.428 e. The van der Waals surface area contributed by atoms with Crippen LogP contribution in [0.5, 0.6) is 0 Å². The van der Waals surface area contributed by atoms with Gasteiger partial charge in [0.25, 0.3) is 0 Å². The van der Waals surface area contributed by atoms with Crippen LogP contribution in [-0.4, -0.2) is 52.7 Å². The molecule has 0 spiro atoms. The normalized spacial score (nSPS) is 30.7. The second kappa shape index (κ2) is 6.70. The molecule has 1 rings (SSSR count). The lowest BCUT2D eigenvalue weighted by Gasteiger charge is -2.50. The first kappa shape index (κ1) is 25.3. The van der Waals surface area contributed by atoms with Gasteiger partial charge in [-0.05, 0) is 11.4 Å². The number of hydrogen-bond donors (Lipinski definition) is 1. The van der Waals surface area contributed by atoms with Crippen molar-refractivity contribution in [2.24, 2.45) is 0 Å². The summed E-state index contributed by atoms with van der Waals surface area (Å²) in [5.41, 5.74) is -6.93. The Bertz CT molecular complexity index is 590. The first-order valence-corrected chi connectivity index (χ1v) is 6.01. The molecule has 0 aliphatic heterocycles. The molecule has 160 valence electrons. The summed E-state index contributed by atoms with van der Waals surface area (Å²) in [6.45, 7) is 4.60. The van der Waals surface area contributed by atoms with E-state index in [0.29, 0.717) is 0 Å². The van der Waals surface area contributed by atoms with Gasteiger partial charge in [-0.25, -0.2) is 13.6 Å². The molecule has 0 amide bonds. The largest absolute Gasteiger partial charge is 0.478 e. The van der Waals surface area contributed by atoms with E-state index in [1.807, 2.05) is 0 Å². The fraction of sp³-hybridized carbons (Fsp3) is 0.727. The molecule has 1 aliphatic carbocycles. The molecular weight excluding hydrogens is 427 g/mol. The standard InChI is InChI=1S/C7HF13O.C4H6O2/c8-1-2(9,7(18,19)21-20)4(12,13)6(16,17)5(14,15)3(1,10)11;1-3(2)4(5)6/h1H;1H2,2H3,(H,5,6). The Labute approximate surface area is 140 Å². The van der Waals surface area contributed by atoms with Gasteiger partial charge in [0, 0.05) is 5.57 Å². The van der Waals surface area contributed by atoms with Gasteiger partial charge >= 0.3 is 41.4 Å². The molecule has 1 N–H and O–H groups in total. The third kappa shape index (κ3) is 3.10. The minimum Gasteiger partial charge on any atom is -0.478 e. The lowest BCUT2D eigenvalue weighted by atomic mass is 9.73. The zero-order valence-corrected chi connectivity index (χ0v) is 12.5. The van der Waals surface area contributed by atoms with E-state index >= 15 is 0 Å². The van der Waals surface area contributed by atoms with Crippen LogP contribution in [0, 0.1) is 0 Å². The third-order valence-corrected chi connectivity index (χ3v) is 3.22. The van der Waals surface area contributed by atoms with Crippen LogP contribution in [0.25, 0.3) is 0 Å². The monoisotopic (exact) mass is 434 g/mol. The van der Waals surface area contributed by atoms with Gasteiger partial charge in [0.05, 0.1) is 0 Å². The quantitative estimate of drug-likeness (QED) is 0.517. The zero-order chi connectivity index (χ0) is 22.4. The van der Waals surface area contributed by atoms with E-state index in [0.717, 1.165) is 0 Å². The number of carboxylic acid groups (broad SMARTS) is 1. The van der Waals surface area contributed by atoms with E-state index in [4.69, 9.17) is 5.11 Å². The molecule has 0 aromatic heterocycles. The molecule has 0 heterocycles. The first-order chi connectivity index (χ1) is 11.6. The Morgan fingerprint density at radius 2 is 1.30 bits per heavy atom. The van der Waals surface area contributed by atoms with Gasteiger partial charge in [-0.15, -0.1) is 4.94 Å². The molecule has 0 aromatic rings. The molecule has 1 fully saturated rings. The van der Waals surface area contributed by atoms with Gasteiger partial charge < -0.3 is 5.11 Å². The molecule has 0 radical (unpaired) electrons. The molecule has 0 saturated heterocycles. The Balaban J connectivity index is 0.000000972. The van der Waals surface area contributed by atoms with Gasteiger partial charge in [-0.2, -0.15) is 43.9 Å². The highest BCUT2D eigenvalue weighted by molar-refractivity contribution is 5.84. The Kier molecular flexibility index (Phi) is 6.27. The van der Waals surface area contributed by atoms with E-state index < -0.39 is 47.6 Å². The van der Waals surface area contributed by atoms with Crippen LogP contribution >= 0.6 is 0 Å². The van der Waals surface area contributed by atoms with Crippen molar-refractivity contribution < 1.29 is 72.1 Å². The van der Waals surface area contributed by atoms with Crippen molar-refractivity contribution in [2.75, 3.05) is 0 Å². The highest BCUT2D eigenvalue weighted by atomic mass is 19.4. The summed E-state index contributed by atoms with van der Waals surface area (Å²) in [7, 11) is 0. The van der Waals surface area contributed by atoms with Crippen molar-refractivity contribution >= 4 is 5.97 Å². The smallest absolute Gasteiger partial charge is 0.428 e. The fourth-order valence-electron chi connectivity index (χ4n) is 1.59. The number of aliphatic carboxylic acids is 1. The molecule has 0 aromatic carbocycles. The predicted molar refractivity (Wildman–Crippen MR) is 58.1 cm³/mol. The first-order valence-electron chi connectivity index (χ1n) is 6.01. The molecule has 3 nitrogen and oxygen atoms in total. The van der Waals surface area contributed by atoms with Crippen molar-refractivity contribution in [1.82, 2.24) is 0 Å². The van der Waals surface area contributed by atoms with E-state index in [9.17, 15) is 62.0 Å². The van der Waals surface area contributed by atoms with Crippen molar-refractivity contribution in [2.45, 2.75) is 48.6 Å². The minimum absolute atomic E-state index is 0.176. The summed E-state index contributed by atoms with van der Waals surface area (Å²) in [6.07, 6.45) is -12.8. The van der Waals surface area contributed by atoms with E-state index in [-0.39, 0.29) is 5.57 Å². The highest BCUT2D eigenvalue weighted by Crippen LogP contribution is 2.68. The van der Waals surface area contributed by atoms with Gasteiger partial charge in [0.1, 0.15) is 0 Å². The number of alkyl halides is 12. The van der Waals surface area contributed by atoms with Crippen molar-refractivity contribution in [3.05, 3.63) is 12.2 Å². The molecule has 0 bridgehead atoms. The van der Waals surface area contributed by atoms with Gasteiger partial charge in [0.15, 0.2) is 0 Å². The molecule has 27 heavy (non-hydrogen) atoms. The van der Waals surface area contributed by atoms with Gasteiger partial charge in [0.2, 0.25) is 6.17 Å². The lowest BCUT2D eigenvalue weighted by molar-refractivity contribution is -0.506. The number of carbonyl (C=O) groups is 1. The predicted octanol–water partition coefficient (Wildman–Crippen LogP) is 4.73. The summed E-state index contributed by atoms with van der Waals surface area (Å²) >= 11 is 0. The molecule has 1 aliphatic rings. The molecular formula is C11H7F13O3. The fourth-order valence-corrected chi connectivity index (χ4v) is 1.59. The average Bonchev–Trinajstić information content (AvgIpc) is 2.51. The number of rotatable bonds is 3. The Hall–Kier alpha value is -1.74. The van der Waals surface area contributed by atoms with E-state index in [1.165, 1.54) is 11.9 Å². The molecule has 1 saturated carbocycles. The van der Waals surface area contributed by atoms with Crippen LogP contribution < -0.4 is 0 Å². The number of carboxylic acids is 1. The Morgan fingerprint density at radius 1 is 0.963 bits per heavy atom. The summed E-state index contributed by atoms with van der Waals surface area (Å²) in [6, 6.07) is 0. The lowest BCUT2D eigenvalue weighted by Crippen LogP contribution is -2.83. The van der Waals surface area contributed by atoms with Crippen molar-refractivity contribution in [3.63, 3.8) is 0 Å². The third-order valence-electron chi connectivity index (χ3n) is 3.22. The van der Waals surface area contributed by atoms with Crippen molar-refractivity contribution in [3.8, 4) is 0 Å². The van der Waals surface area contributed by atoms with Crippen LogP contribution in [0.3, 0.4) is 0 Å². The van der Waals surface area contributed by atoms with Crippen LogP contribution in [-0.2, 0) is 9.74 Å². The SMILES string of the molecule is C=C(C)C(=O)O.FOC(F)(F)C1(F)C(F)C(F)(F)C(F)(F)C(F)(F)C1(F)F. The topological polar surface area (TPSA) is 46.5 Å². The van der Waals surface area contributed by atoms with E-state index in [1.54, 1.807) is 0 Å². The van der Waals surface area contributed by atoms with Crippen LogP contribution in [0.2, 0.25) is 0 Å². The van der Waals surface area contributed by atoms with Crippen LogP contribution in [0.1, 0.15) is 6.92 Å². The maximum absolute atomic E-state index is 13.3. The second-order valence-corrected chi connectivity index (χ2v) is 5.10. The maximum atomic E-state index is 13.3. The number of halogens is 13. The zero-order valence-electron chi connectivity index (χ0n) is 12.5. The molecule has 16 heteroatoms. The number of hydrogen-bond acceptors (Lipinski definition) is 2. The molecule has 2 atom stereocenters. The minimum atomic E-state index is -7.48. The highest BCUT2D eigenvalue weighted by Gasteiger charge is 2.99. The Morgan fingerprint density at radius 3 is 1.56 bits per heavy atom. The van der Waals surface area contributed by atoms with Gasteiger partial charge in [-0.3, -0.25) is 0 Å². The average molecular weight is 434 g/mol. The summed E-state index contributed by atoms with van der Waals surface area (Å²) in [4.78, 5) is 10.8. The second-order valence-electron chi connectivity index (χ2n) is 5.10. The summed E-state index contributed by atoms with van der Waals surface area (Å²) < 4.78 is 164. The van der Waals surface area contributed by atoms with E-state index in [2.05, 4.69) is 6.58 Å². The van der Waals surface area contributed by atoms with Crippen LogP contribution in [0.15, 0.2) is 12.2 Å². The molecule has 2 unspecified atom stereocenters. The summed E-state index contributed by atoms with van der Waals surface area (Å²) in [5, 5.41) is 7.89. The van der Waals surface area contributed by atoms with Gasteiger partial charge in [-0.1, -0.05) is 6.58 Å².